The van der Waals surface area contributed by atoms with Crippen molar-refractivity contribution < 1.29 is 9.59 Å². The van der Waals surface area contributed by atoms with Crippen molar-refractivity contribution in [2.45, 2.75) is 19.4 Å². The maximum absolute atomic E-state index is 12.4. The van der Waals surface area contributed by atoms with Crippen molar-refractivity contribution in [1.29, 1.82) is 0 Å². The summed E-state index contributed by atoms with van der Waals surface area (Å²) < 4.78 is 0. The summed E-state index contributed by atoms with van der Waals surface area (Å²) >= 11 is 5.82. The van der Waals surface area contributed by atoms with E-state index in [1.807, 2.05) is 30.3 Å². The highest BCUT2D eigenvalue weighted by molar-refractivity contribution is 6.30. The Kier molecular flexibility index (Phi) is 5.55. The van der Waals surface area contributed by atoms with E-state index >= 15 is 0 Å². The van der Waals surface area contributed by atoms with Crippen molar-refractivity contribution >= 4 is 29.1 Å². The lowest BCUT2D eigenvalue weighted by Crippen LogP contribution is -2.44. The molecule has 0 aliphatic rings. The SMILES string of the molecule is CC(=O)N[C@H](Cc1ccccc1)C(=O)Nc1ccc(Cl)cc1. The van der Waals surface area contributed by atoms with Gasteiger partial charge in [-0.1, -0.05) is 41.9 Å². The van der Waals surface area contributed by atoms with E-state index in [1.54, 1.807) is 24.3 Å². The number of halogens is 1. The van der Waals surface area contributed by atoms with E-state index in [0.717, 1.165) is 5.56 Å². The first-order valence-electron chi connectivity index (χ1n) is 6.92. The van der Waals surface area contributed by atoms with Crippen LogP contribution in [0.1, 0.15) is 12.5 Å². The summed E-state index contributed by atoms with van der Waals surface area (Å²) in [6.07, 6.45) is 0.430. The van der Waals surface area contributed by atoms with Crippen molar-refractivity contribution in [1.82, 2.24) is 5.32 Å². The Morgan fingerprint density at radius 3 is 2.27 bits per heavy atom. The van der Waals surface area contributed by atoms with E-state index < -0.39 is 6.04 Å². The number of anilines is 1. The molecule has 0 aliphatic heterocycles. The fourth-order valence-corrected chi connectivity index (χ4v) is 2.19. The molecule has 0 spiro atoms. The van der Waals surface area contributed by atoms with Gasteiger partial charge in [0.15, 0.2) is 0 Å². The zero-order valence-corrected chi connectivity index (χ0v) is 12.9. The summed E-state index contributed by atoms with van der Waals surface area (Å²) in [5.74, 6) is -0.506. The number of carbonyl (C=O) groups excluding carboxylic acids is 2. The van der Waals surface area contributed by atoms with Crippen LogP contribution in [0.25, 0.3) is 0 Å². The number of amides is 2. The molecule has 2 aromatic rings. The van der Waals surface area contributed by atoms with Crippen LogP contribution in [-0.4, -0.2) is 17.9 Å². The minimum atomic E-state index is -0.629. The Morgan fingerprint density at radius 2 is 1.68 bits per heavy atom. The highest BCUT2D eigenvalue weighted by atomic mass is 35.5. The van der Waals surface area contributed by atoms with E-state index in [-0.39, 0.29) is 11.8 Å². The Balaban J connectivity index is 2.08. The van der Waals surface area contributed by atoms with Crippen LogP contribution in [0.2, 0.25) is 5.02 Å². The summed E-state index contributed by atoms with van der Waals surface area (Å²) in [6.45, 7) is 1.40. The van der Waals surface area contributed by atoms with Crippen LogP contribution < -0.4 is 10.6 Å². The second-order valence-electron chi connectivity index (χ2n) is 4.94. The molecule has 0 aromatic heterocycles. The molecule has 4 nitrogen and oxygen atoms in total. The number of benzene rings is 2. The fraction of sp³-hybridized carbons (Fsp3) is 0.176. The Morgan fingerprint density at radius 1 is 1.05 bits per heavy atom. The minimum Gasteiger partial charge on any atom is -0.344 e. The first-order chi connectivity index (χ1) is 10.5. The van der Waals surface area contributed by atoms with E-state index in [1.165, 1.54) is 6.92 Å². The second kappa shape index (κ2) is 7.61. The molecule has 0 saturated carbocycles. The summed E-state index contributed by atoms with van der Waals surface area (Å²) in [5, 5.41) is 6.06. The number of nitrogens with one attached hydrogen (secondary N) is 2. The number of rotatable bonds is 5. The van der Waals surface area contributed by atoms with Crippen LogP contribution in [0, 0.1) is 0 Å². The van der Waals surface area contributed by atoms with Gasteiger partial charge in [-0.05, 0) is 29.8 Å². The summed E-state index contributed by atoms with van der Waals surface area (Å²) in [7, 11) is 0. The van der Waals surface area contributed by atoms with Crippen LogP contribution in [0.15, 0.2) is 54.6 Å². The average molecular weight is 317 g/mol. The summed E-state index contributed by atoms with van der Waals surface area (Å²) in [5.41, 5.74) is 1.62. The number of carbonyl (C=O) groups is 2. The molecule has 2 amide bonds. The average Bonchev–Trinajstić information content (AvgIpc) is 2.49. The lowest BCUT2D eigenvalue weighted by Gasteiger charge is -2.18. The molecule has 1 atom stereocenters. The summed E-state index contributed by atoms with van der Waals surface area (Å²) in [6, 6.07) is 15.7. The lowest BCUT2D eigenvalue weighted by atomic mass is 10.1. The molecular formula is C17H17ClN2O2. The van der Waals surface area contributed by atoms with Crippen molar-refractivity contribution in [2.24, 2.45) is 0 Å². The van der Waals surface area contributed by atoms with Crippen LogP contribution in [0.3, 0.4) is 0 Å². The molecule has 0 heterocycles. The van der Waals surface area contributed by atoms with Gasteiger partial charge in [-0.3, -0.25) is 9.59 Å². The molecule has 5 heteroatoms. The van der Waals surface area contributed by atoms with E-state index in [2.05, 4.69) is 10.6 Å². The summed E-state index contributed by atoms with van der Waals surface area (Å²) in [4.78, 5) is 23.7. The third-order valence-electron chi connectivity index (χ3n) is 3.09. The smallest absolute Gasteiger partial charge is 0.247 e. The van der Waals surface area contributed by atoms with E-state index in [0.29, 0.717) is 17.1 Å². The topological polar surface area (TPSA) is 58.2 Å². The van der Waals surface area contributed by atoms with Crippen molar-refractivity contribution in [2.75, 3.05) is 5.32 Å². The lowest BCUT2D eigenvalue weighted by molar-refractivity contribution is -0.125. The third kappa shape index (κ3) is 4.90. The van der Waals surface area contributed by atoms with Crippen molar-refractivity contribution in [3.05, 3.63) is 65.2 Å². The molecule has 22 heavy (non-hydrogen) atoms. The first-order valence-corrected chi connectivity index (χ1v) is 7.30. The second-order valence-corrected chi connectivity index (χ2v) is 5.38. The van der Waals surface area contributed by atoms with E-state index in [9.17, 15) is 9.59 Å². The molecule has 0 bridgehead atoms. The zero-order chi connectivity index (χ0) is 15.9. The van der Waals surface area contributed by atoms with Gasteiger partial charge in [-0.15, -0.1) is 0 Å². The van der Waals surface area contributed by atoms with Gasteiger partial charge < -0.3 is 10.6 Å². The van der Waals surface area contributed by atoms with Crippen LogP contribution in [0.4, 0.5) is 5.69 Å². The van der Waals surface area contributed by atoms with Gasteiger partial charge in [0.05, 0.1) is 0 Å². The fourth-order valence-electron chi connectivity index (χ4n) is 2.07. The third-order valence-corrected chi connectivity index (χ3v) is 3.34. The number of hydrogen-bond acceptors (Lipinski definition) is 2. The van der Waals surface area contributed by atoms with Gasteiger partial charge in [-0.25, -0.2) is 0 Å². The van der Waals surface area contributed by atoms with Gasteiger partial charge in [-0.2, -0.15) is 0 Å². The van der Waals surface area contributed by atoms with E-state index in [4.69, 9.17) is 11.6 Å². The van der Waals surface area contributed by atoms with Crippen LogP contribution >= 0.6 is 11.6 Å². The van der Waals surface area contributed by atoms with Crippen LogP contribution in [-0.2, 0) is 16.0 Å². The molecule has 0 fully saturated rings. The quantitative estimate of drug-likeness (QED) is 0.891. The molecule has 2 rings (SSSR count). The molecule has 114 valence electrons. The molecule has 2 N–H and O–H groups in total. The highest BCUT2D eigenvalue weighted by Crippen LogP contribution is 2.14. The van der Waals surface area contributed by atoms with Gasteiger partial charge in [0.2, 0.25) is 11.8 Å². The van der Waals surface area contributed by atoms with Gasteiger partial charge in [0, 0.05) is 24.1 Å². The standard InChI is InChI=1S/C17H17ClN2O2/c1-12(21)19-16(11-13-5-3-2-4-6-13)17(22)20-15-9-7-14(18)8-10-15/h2-10,16H,11H2,1H3,(H,19,21)(H,20,22)/t16-/m1/s1. The predicted octanol–water partition coefficient (Wildman–Crippen LogP) is 3.03. The number of hydrogen-bond donors (Lipinski definition) is 2. The first kappa shape index (κ1) is 16.0. The Hall–Kier alpha value is -2.33. The molecule has 2 aromatic carbocycles. The van der Waals surface area contributed by atoms with Gasteiger partial charge in [0.1, 0.15) is 6.04 Å². The largest absolute Gasteiger partial charge is 0.344 e. The molecule has 0 saturated heterocycles. The minimum absolute atomic E-state index is 0.243. The maximum atomic E-state index is 12.4. The van der Waals surface area contributed by atoms with Crippen molar-refractivity contribution in [3.8, 4) is 0 Å². The molecule has 0 aliphatic carbocycles. The monoisotopic (exact) mass is 316 g/mol. The highest BCUT2D eigenvalue weighted by Gasteiger charge is 2.20. The molecule has 0 unspecified atom stereocenters. The van der Waals surface area contributed by atoms with Crippen molar-refractivity contribution in [3.63, 3.8) is 0 Å². The zero-order valence-electron chi connectivity index (χ0n) is 12.2. The Labute approximate surface area is 134 Å². The van der Waals surface area contributed by atoms with Gasteiger partial charge >= 0.3 is 0 Å². The Bertz CT molecular complexity index is 641. The van der Waals surface area contributed by atoms with Gasteiger partial charge in [0.25, 0.3) is 0 Å². The van der Waals surface area contributed by atoms with Crippen LogP contribution in [0.5, 0.6) is 0 Å². The normalized spacial score (nSPS) is 11.5. The molecule has 0 radical (unpaired) electrons. The maximum Gasteiger partial charge on any atom is 0.247 e. The molecular weight excluding hydrogens is 300 g/mol. The predicted molar refractivity (Wildman–Crippen MR) is 87.8 cm³/mol.